The summed E-state index contributed by atoms with van der Waals surface area (Å²) in [5, 5.41) is 6.51. The van der Waals surface area contributed by atoms with Crippen molar-refractivity contribution in [1.29, 1.82) is 0 Å². The van der Waals surface area contributed by atoms with Crippen LogP contribution in [0.4, 0.5) is 0 Å². The summed E-state index contributed by atoms with van der Waals surface area (Å²) in [4.78, 5) is 0. The molecule has 0 atom stereocenters. The van der Waals surface area contributed by atoms with Gasteiger partial charge in [0.15, 0.2) is 5.75 Å². The molecule has 1 aromatic rings. The minimum absolute atomic E-state index is 0. The van der Waals surface area contributed by atoms with E-state index in [2.05, 4.69) is 10.2 Å². The summed E-state index contributed by atoms with van der Waals surface area (Å²) in [5.41, 5.74) is 5.40. The molecule has 1 rings (SSSR count). The van der Waals surface area contributed by atoms with Crippen LogP contribution in [0.1, 0.15) is 32.1 Å². The van der Waals surface area contributed by atoms with Crippen molar-refractivity contribution in [2.24, 2.45) is 5.73 Å². The highest BCUT2D eigenvalue weighted by Crippen LogP contribution is 2.07. The van der Waals surface area contributed by atoms with E-state index in [-0.39, 0.29) is 12.4 Å². The third kappa shape index (κ3) is 7.22. The third-order valence-corrected chi connectivity index (χ3v) is 2.09. The number of ether oxygens (including phenoxy) is 1. The summed E-state index contributed by atoms with van der Waals surface area (Å²) >= 11 is 0. The number of nitrogens with two attached hydrogens (primary N) is 1. The van der Waals surface area contributed by atoms with Crippen molar-refractivity contribution < 1.29 is 4.74 Å². The molecule has 0 saturated heterocycles. The van der Waals surface area contributed by atoms with Crippen molar-refractivity contribution in [2.75, 3.05) is 13.2 Å². The maximum Gasteiger partial charge on any atom is 0.156 e. The van der Waals surface area contributed by atoms with E-state index < -0.39 is 0 Å². The Morgan fingerprint density at radius 2 is 1.93 bits per heavy atom. The third-order valence-electron chi connectivity index (χ3n) is 2.09. The fourth-order valence-electron chi connectivity index (χ4n) is 1.28. The zero-order valence-electron chi connectivity index (χ0n) is 8.95. The van der Waals surface area contributed by atoms with Gasteiger partial charge in [0.2, 0.25) is 0 Å². The molecule has 0 unspecified atom stereocenters. The smallest absolute Gasteiger partial charge is 0.156 e. The molecule has 3 N–H and O–H groups in total. The molecule has 0 radical (unpaired) electrons. The summed E-state index contributed by atoms with van der Waals surface area (Å²) in [6, 6.07) is 0. The van der Waals surface area contributed by atoms with E-state index in [9.17, 15) is 0 Å². The minimum Gasteiger partial charge on any atom is -0.490 e. The molecule has 0 aliphatic rings. The van der Waals surface area contributed by atoms with Crippen LogP contribution in [0.5, 0.6) is 5.75 Å². The van der Waals surface area contributed by atoms with Gasteiger partial charge in [-0.15, -0.1) is 12.4 Å². The second-order valence-corrected chi connectivity index (χ2v) is 3.34. The van der Waals surface area contributed by atoms with Crippen LogP contribution >= 0.6 is 12.4 Å². The van der Waals surface area contributed by atoms with Gasteiger partial charge in [-0.3, -0.25) is 5.10 Å². The highest BCUT2D eigenvalue weighted by atomic mass is 35.5. The number of aromatic nitrogens is 2. The fraction of sp³-hybridized carbons (Fsp3) is 0.700. The lowest BCUT2D eigenvalue weighted by atomic mass is 10.1. The van der Waals surface area contributed by atoms with E-state index in [1.807, 2.05) is 0 Å². The van der Waals surface area contributed by atoms with Crippen LogP contribution in [-0.2, 0) is 0 Å². The van der Waals surface area contributed by atoms with Crippen LogP contribution in [0.15, 0.2) is 12.4 Å². The van der Waals surface area contributed by atoms with E-state index in [1.54, 1.807) is 12.4 Å². The van der Waals surface area contributed by atoms with E-state index in [1.165, 1.54) is 19.3 Å². The lowest BCUT2D eigenvalue weighted by Gasteiger charge is -2.02. The first kappa shape index (κ1) is 14.3. The van der Waals surface area contributed by atoms with Gasteiger partial charge in [0.25, 0.3) is 0 Å². The first-order valence-corrected chi connectivity index (χ1v) is 5.25. The Hall–Kier alpha value is -0.740. The van der Waals surface area contributed by atoms with Gasteiger partial charge in [0, 0.05) is 0 Å². The number of aromatic amines is 1. The molecular formula is C10H20ClN3O. The van der Waals surface area contributed by atoms with Crippen molar-refractivity contribution in [2.45, 2.75) is 32.1 Å². The average Bonchev–Trinajstić information content (AvgIpc) is 2.69. The summed E-state index contributed by atoms with van der Waals surface area (Å²) in [7, 11) is 0. The molecule has 0 amide bonds. The predicted molar refractivity (Wildman–Crippen MR) is 63.5 cm³/mol. The normalized spacial score (nSPS) is 9.67. The number of hydrogen-bond donors (Lipinski definition) is 2. The number of H-pyrrole nitrogens is 1. The number of nitrogens with one attached hydrogen (secondary N) is 1. The average molecular weight is 234 g/mol. The first-order chi connectivity index (χ1) is 6.93. The summed E-state index contributed by atoms with van der Waals surface area (Å²) < 4.78 is 5.43. The lowest BCUT2D eigenvalue weighted by molar-refractivity contribution is 0.304. The highest BCUT2D eigenvalue weighted by molar-refractivity contribution is 5.85. The van der Waals surface area contributed by atoms with E-state index in [0.717, 1.165) is 31.7 Å². The van der Waals surface area contributed by atoms with Gasteiger partial charge in [-0.05, 0) is 19.4 Å². The second kappa shape index (κ2) is 9.80. The standard InChI is InChI=1S/C10H19N3O.ClH/c11-6-4-2-1-3-5-7-14-10-8-12-13-9-10;/h8-9H,1-7,11H2,(H,12,13);1H. The fourth-order valence-corrected chi connectivity index (χ4v) is 1.28. The van der Waals surface area contributed by atoms with Crippen LogP contribution in [0.3, 0.4) is 0 Å². The van der Waals surface area contributed by atoms with Gasteiger partial charge < -0.3 is 10.5 Å². The van der Waals surface area contributed by atoms with Crippen LogP contribution < -0.4 is 10.5 Å². The molecule has 5 heteroatoms. The van der Waals surface area contributed by atoms with Crippen LogP contribution in [-0.4, -0.2) is 23.3 Å². The van der Waals surface area contributed by atoms with Crippen molar-refractivity contribution in [3.63, 3.8) is 0 Å². The first-order valence-electron chi connectivity index (χ1n) is 5.25. The molecule has 0 spiro atoms. The molecule has 0 aromatic carbocycles. The quantitative estimate of drug-likeness (QED) is 0.676. The molecule has 4 nitrogen and oxygen atoms in total. The molecule has 0 fully saturated rings. The van der Waals surface area contributed by atoms with Crippen LogP contribution in [0.2, 0.25) is 0 Å². The number of rotatable bonds is 8. The van der Waals surface area contributed by atoms with Crippen molar-refractivity contribution in [3.8, 4) is 5.75 Å². The predicted octanol–water partition coefficient (Wildman–Crippen LogP) is 2.12. The molecule has 88 valence electrons. The molecule has 0 aliphatic carbocycles. The monoisotopic (exact) mass is 233 g/mol. The van der Waals surface area contributed by atoms with Gasteiger partial charge in [-0.1, -0.05) is 19.3 Å². The van der Waals surface area contributed by atoms with Gasteiger partial charge in [0.05, 0.1) is 19.0 Å². The Bertz CT molecular complexity index is 216. The van der Waals surface area contributed by atoms with Gasteiger partial charge in [0.1, 0.15) is 0 Å². The Balaban J connectivity index is 0.00000196. The Morgan fingerprint density at radius 3 is 2.60 bits per heavy atom. The Morgan fingerprint density at radius 1 is 1.20 bits per heavy atom. The maximum atomic E-state index is 5.43. The largest absolute Gasteiger partial charge is 0.490 e. The topological polar surface area (TPSA) is 63.9 Å². The molecule has 15 heavy (non-hydrogen) atoms. The van der Waals surface area contributed by atoms with Crippen LogP contribution in [0.25, 0.3) is 0 Å². The number of unbranched alkanes of at least 4 members (excludes halogenated alkanes) is 4. The van der Waals surface area contributed by atoms with Gasteiger partial charge >= 0.3 is 0 Å². The lowest BCUT2D eigenvalue weighted by Crippen LogP contribution is -1.99. The molecule has 0 aliphatic heterocycles. The number of halogens is 1. The van der Waals surface area contributed by atoms with Crippen molar-refractivity contribution in [3.05, 3.63) is 12.4 Å². The van der Waals surface area contributed by atoms with Crippen molar-refractivity contribution in [1.82, 2.24) is 10.2 Å². The van der Waals surface area contributed by atoms with Gasteiger partial charge in [-0.2, -0.15) is 5.10 Å². The molecule has 1 aromatic heterocycles. The molecular weight excluding hydrogens is 214 g/mol. The molecule has 0 bridgehead atoms. The van der Waals surface area contributed by atoms with E-state index >= 15 is 0 Å². The van der Waals surface area contributed by atoms with E-state index in [0.29, 0.717) is 0 Å². The SMILES string of the molecule is Cl.NCCCCCCCOc1cn[nH]c1. The zero-order valence-corrected chi connectivity index (χ0v) is 9.76. The highest BCUT2D eigenvalue weighted by Gasteiger charge is 1.94. The Labute approximate surface area is 97.0 Å². The van der Waals surface area contributed by atoms with Crippen LogP contribution in [0, 0.1) is 0 Å². The number of nitrogens with zero attached hydrogens (tertiary/aromatic N) is 1. The van der Waals surface area contributed by atoms with E-state index in [4.69, 9.17) is 10.5 Å². The summed E-state index contributed by atoms with van der Waals surface area (Å²) in [6.07, 6.45) is 9.41. The minimum atomic E-state index is 0. The molecule has 0 saturated carbocycles. The molecule has 1 heterocycles. The van der Waals surface area contributed by atoms with Gasteiger partial charge in [-0.25, -0.2) is 0 Å². The second-order valence-electron chi connectivity index (χ2n) is 3.34. The number of hydrogen-bond acceptors (Lipinski definition) is 3. The maximum absolute atomic E-state index is 5.43. The zero-order chi connectivity index (χ0) is 10.1. The van der Waals surface area contributed by atoms with Crippen molar-refractivity contribution >= 4 is 12.4 Å². The summed E-state index contributed by atoms with van der Waals surface area (Å²) in [5.74, 6) is 0.826. The Kier molecular flexibility index (Phi) is 9.32. The summed E-state index contributed by atoms with van der Waals surface area (Å²) in [6.45, 7) is 1.59.